The van der Waals surface area contributed by atoms with Crippen LogP contribution in [-0.4, -0.2) is 43.1 Å². The zero-order chi connectivity index (χ0) is 11.8. The second-order valence-electron chi connectivity index (χ2n) is 4.81. The number of anilines is 1. The Morgan fingerprint density at radius 2 is 1.83 bits per heavy atom. The van der Waals surface area contributed by atoms with E-state index in [1.54, 1.807) is 0 Å². The molecule has 0 aromatic carbocycles. The first-order chi connectivity index (χ1) is 7.53. The van der Waals surface area contributed by atoms with E-state index < -0.39 is 0 Å². The quantitative estimate of drug-likeness (QED) is 0.796. The second kappa shape index (κ2) is 6.80. The van der Waals surface area contributed by atoms with Gasteiger partial charge in [0, 0.05) is 19.1 Å². The van der Waals surface area contributed by atoms with Crippen LogP contribution in [0.5, 0.6) is 0 Å². The summed E-state index contributed by atoms with van der Waals surface area (Å²) in [5.74, 6) is 0. The number of hydrogen-bond acceptors (Lipinski definition) is 3. The number of pyridine rings is 1. The van der Waals surface area contributed by atoms with Crippen LogP contribution in [0, 0.1) is 0 Å². The lowest BCUT2D eigenvalue weighted by atomic mass is 10.2. The minimum atomic E-state index is 0. The van der Waals surface area contributed by atoms with Crippen LogP contribution in [0.25, 0.3) is 0 Å². The topological polar surface area (TPSA) is 19.4 Å². The molecule has 1 aromatic rings. The van der Waals surface area contributed by atoms with Crippen LogP contribution in [0.15, 0.2) is 18.3 Å². The van der Waals surface area contributed by atoms with Crippen molar-refractivity contribution in [2.24, 2.45) is 0 Å². The smallest absolute Gasteiger partial charge is 0.129 e. The van der Waals surface area contributed by atoms with Crippen molar-refractivity contribution in [2.75, 3.05) is 32.6 Å². The molecule has 0 N–H and O–H groups in total. The van der Waals surface area contributed by atoms with E-state index in [9.17, 15) is 0 Å². The van der Waals surface area contributed by atoms with E-state index in [1.807, 2.05) is 18.3 Å². The molecule has 0 unspecified atom stereocenters. The minimum Gasteiger partial charge on any atom is -0.371 e. The van der Waals surface area contributed by atoms with Gasteiger partial charge in [0.25, 0.3) is 0 Å². The van der Waals surface area contributed by atoms with Crippen molar-refractivity contribution in [1.82, 2.24) is 9.88 Å². The highest BCUT2D eigenvalue weighted by Gasteiger charge is 2.45. The van der Waals surface area contributed by atoms with Gasteiger partial charge in [-0.1, -0.05) is 11.6 Å². The van der Waals surface area contributed by atoms with Crippen molar-refractivity contribution in [1.29, 1.82) is 0 Å². The van der Waals surface area contributed by atoms with E-state index in [0.29, 0.717) is 10.7 Å². The third-order valence-corrected chi connectivity index (χ3v) is 3.68. The molecular weight excluding hydrogens is 293 g/mol. The number of hydrogen-bond donors (Lipinski definition) is 0. The first kappa shape index (κ1) is 17.8. The number of rotatable bonds is 4. The van der Waals surface area contributed by atoms with Crippen molar-refractivity contribution < 1.29 is 0 Å². The third kappa shape index (κ3) is 3.89. The van der Waals surface area contributed by atoms with E-state index in [1.165, 1.54) is 12.8 Å². The highest BCUT2D eigenvalue weighted by molar-refractivity contribution is 6.29. The van der Waals surface area contributed by atoms with Crippen LogP contribution in [0.3, 0.4) is 0 Å². The number of halogens is 3. The maximum atomic E-state index is 5.77. The maximum absolute atomic E-state index is 5.77. The van der Waals surface area contributed by atoms with Gasteiger partial charge in [-0.25, -0.2) is 4.98 Å². The molecule has 1 heterocycles. The minimum absolute atomic E-state index is 0. The van der Waals surface area contributed by atoms with Gasteiger partial charge in [-0.2, -0.15) is 0 Å². The lowest BCUT2D eigenvalue weighted by molar-refractivity contribution is 0.276. The largest absolute Gasteiger partial charge is 0.371 e. The van der Waals surface area contributed by atoms with E-state index in [0.717, 1.165) is 12.2 Å². The normalized spacial score (nSPS) is 15.6. The summed E-state index contributed by atoms with van der Waals surface area (Å²) in [6.45, 7) is 1.04. The molecular formula is C12H20Cl3N3. The highest BCUT2D eigenvalue weighted by Crippen LogP contribution is 2.41. The van der Waals surface area contributed by atoms with Crippen molar-refractivity contribution in [3.8, 4) is 0 Å². The Morgan fingerprint density at radius 1 is 1.22 bits per heavy atom. The van der Waals surface area contributed by atoms with Crippen molar-refractivity contribution >= 4 is 42.1 Å². The van der Waals surface area contributed by atoms with Gasteiger partial charge in [-0.3, -0.25) is 0 Å². The molecule has 0 spiro atoms. The summed E-state index contributed by atoms with van der Waals surface area (Å²) in [6, 6.07) is 3.85. The molecule has 0 bridgehead atoms. The fraction of sp³-hybridized carbons (Fsp3) is 0.583. The van der Waals surface area contributed by atoms with Crippen LogP contribution < -0.4 is 4.90 Å². The monoisotopic (exact) mass is 311 g/mol. The molecule has 1 saturated carbocycles. The molecule has 2 rings (SSSR count). The van der Waals surface area contributed by atoms with Crippen LogP contribution >= 0.6 is 36.4 Å². The van der Waals surface area contributed by atoms with E-state index in [4.69, 9.17) is 11.6 Å². The summed E-state index contributed by atoms with van der Waals surface area (Å²) in [7, 11) is 6.41. The van der Waals surface area contributed by atoms with Gasteiger partial charge in [0.2, 0.25) is 0 Å². The van der Waals surface area contributed by atoms with E-state index in [2.05, 4.69) is 35.9 Å². The average molecular weight is 313 g/mol. The number of likely N-dealkylation sites (N-methyl/N-ethyl adjacent to an activating group) is 2. The third-order valence-electron chi connectivity index (χ3n) is 3.46. The van der Waals surface area contributed by atoms with Crippen LogP contribution in [0.2, 0.25) is 5.15 Å². The van der Waals surface area contributed by atoms with E-state index >= 15 is 0 Å². The van der Waals surface area contributed by atoms with Gasteiger partial charge in [0.1, 0.15) is 5.15 Å². The van der Waals surface area contributed by atoms with Crippen molar-refractivity contribution in [3.05, 3.63) is 23.5 Å². The lowest BCUT2D eigenvalue weighted by Crippen LogP contribution is -2.41. The number of nitrogens with zero attached hydrogens (tertiary/aromatic N) is 3. The Labute approximate surface area is 126 Å². The molecule has 6 heteroatoms. The highest BCUT2D eigenvalue weighted by atomic mass is 35.5. The lowest BCUT2D eigenvalue weighted by Gasteiger charge is -2.30. The summed E-state index contributed by atoms with van der Waals surface area (Å²) in [5.41, 5.74) is 1.49. The van der Waals surface area contributed by atoms with E-state index in [-0.39, 0.29) is 24.8 Å². The van der Waals surface area contributed by atoms with Gasteiger partial charge in [-0.15, -0.1) is 24.8 Å². The van der Waals surface area contributed by atoms with Gasteiger partial charge in [-0.05, 0) is 39.1 Å². The zero-order valence-electron chi connectivity index (χ0n) is 10.9. The molecule has 1 aliphatic rings. The Bertz CT molecular complexity index is 363. The molecule has 1 aromatic heterocycles. The molecule has 1 aliphatic carbocycles. The summed E-state index contributed by atoms with van der Waals surface area (Å²) in [4.78, 5) is 8.68. The van der Waals surface area contributed by atoms with Crippen LogP contribution in [0.1, 0.15) is 12.8 Å². The summed E-state index contributed by atoms with van der Waals surface area (Å²) in [6.07, 6.45) is 4.39. The first-order valence-electron chi connectivity index (χ1n) is 5.54. The molecule has 0 radical (unpaired) electrons. The zero-order valence-corrected chi connectivity index (χ0v) is 13.3. The summed E-state index contributed by atoms with van der Waals surface area (Å²) in [5, 5.41) is 0.547. The van der Waals surface area contributed by atoms with Gasteiger partial charge >= 0.3 is 0 Å². The van der Waals surface area contributed by atoms with Crippen LogP contribution in [-0.2, 0) is 0 Å². The Kier molecular flexibility index (Phi) is 6.72. The SMILES string of the molecule is CN(CC1(N(C)C)CC1)c1ccc(Cl)nc1.Cl.Cl. The molecule has 18 heavy (non-hydrogen) atoms. The predicted molar refractivity (Wildman–Crippen MR) is 82.7 cm³/mol. The maximum Gasteiger partial charge on any atom is 0.129 e. The molecule has 1 fully saturated rings. The van der Waals surface area contributed by atoms with Crippen molar-refractivity contribution in [3.63, 3.8) is 0 Å². The fourth-order valence-electron chi connectivity index (χ4n) is 2.02. The van der Waals surface area contributed by atoms with Crippen molar-refractivity contribution in [2.45, 2.75) is 18.4 Å². The van der Waals surface area contributed by atoms with Gasteiger partial charge in [0.05, 0.1) is 11.9 Å². The second-order valence-corrected chi connectivity index (χ2v) is 5.20. The molecule has 104 valence electrons. The standard InChI is InChI=1S/C12H18ClN3.2ClH/c1-15(2)12(6-7-12)9-16(3)10-4-5-11(13)14-8-10;;/h4-5,8H,6-7,9H2,1-3H3;2*1H. The van der Waals surface area contributed by atoms with Gasteiger partial charge < -0.3 is 9.80 Å². The fourth-order valence-corrected chi connectivity index (χ4v) is 2.13. The van der Waals surface area contributed by atoms with Gasteiger partial charge in [0.15, 0.2) is 0 Å². The molecule has 0 amide bonds. The van der Waals surface area contributed by atoms with Crippen LogP contribution in [0.4, 0.5) is 5.69 Å². The first-order valence-corrected chi connectivity index (χ1v) is 5.91. The molecule has 0 atom stereocenters. The summed E-state index contributed by atoms with van der Waals surface area (Å²) < 4.78 is 0. The molecule has 0 aliphatic heterocycles. The number of aromatic nitrogens is 1. The Balaban J connectivity index is 0.00000144. The Hall–Kier alpha value is -0.220. The predicted octanol–water partition coefficient (Wildman–Crippen LogP) is 3.11. The molecule has 3 nitrogen and oxygen atoms in total. The Morgan fingerprint density at radius 3 is 2.22 bits per heavy atom. The average Bonchev–Trinajstić information content (AvgIpc) is 3.00. The molecule has 0 saturated heterocycles. The summed E-state index contributed by atoms with van der Waals surface area (Å²) >= 11 is 5.77.